The Balaban J connectivity index is 1.73. The molecule has 0 aliphatic heterocycles. The number of hydrogen-bond acceptors (Lipinski definition) is 7. The van der Waals surface area contributed by atoms with Crippen LogP contribution in [0.4, 0.5) is 4.53 Å². The van der Waals surface area contributed by atoms with Gasteiger partial charge in [0.15, 0.2) is 5.82 Å². The predicted molar refractivity (Wildman–Crippen MR) is 126 cm³/mol. The Morgan fingerprint density at radius 3 is 2.74 bits per heavy atom. The molecule has 34 heavy (non-hydrogen) atoms. The van der Waals surface area contributed by atoms with E-state index in [1.807, 2.05) is 50.4 Å². The zero-order valence-corrected chi connectivity index (χ0v) is 19.0. The van der Waals surface area contributed by atoms with E-state index in [4.69, 9.17) is 9.40 Å². The molecule has 4 aromatic heterocycles. The molecule has 0 bridgehead atoms. The number of nitrogens with zero attached hydrogens (tertiary/aromatic N) is 5. The number of oxazole rings is 1. The highest BCUT2D eigenvalue weighted by atomic mass is 19.3. The van der Waals surface area contributed by atoms with E-state index in [-0.39, 0.29) is 12.6 Å². The van der Waals surface area contributed by atoms with E-state index in [9.17, 15) is 4.53 Å². The first-order valence-corrected chi connectivity index (χ1v) is 10.9. The van der Waals surface area contributed by atoms with Crippen molar-refractivity contribution in [3.8, 4) is 28.5 Å². The molecule has 0 aliphatic carbocycles. The lowest BCUT2D eigenvalue weighted by atomic mass is 10.0. The first-order valence-electron chi connectivity index (χ1n) is 10.9. The molecule has 172 valence electrons. The minimum atomic E-state index is -0.237. The molecule has 8 nitrogen and oxygen atoms in total. The van der Waals surface area contributed by atoms with E-state index in [2.05, 4.69) is 32.2 Å². The lowest BCUT2D eigenvalue weighted by Crippen LogP contribution is -2.13. The van der Waals surface area contributed by atoms with Gasteiger partial charge in [0.05, 0.1) is 35.0 Å². The third-order valence-corrected chi connectivity index (χ3v) is 5.69. The van der Waals surface area contributed by atoms with Gasteiger partial charge in [0.2, 0.25) is 5.89 Å². The highest BCUT2D eigenvalue weighted by Crippen LogP contribution is 2.34. The Kier molecular flexibility index (Phi) is 5.87. The van der Waals surface area contributed by atoms with E-state index in [1.165, 1.54) is 0 Å². The quantitative estimate of drug-likeness (QED) is 0.362. The SMILES string of the molecule is CN[C@@H](C)c1cccc(-c2cc(-c3ncc(C)o3)c3cnn(-c4cccc(COF)n4)c3c2)n1. The zero-order chi connectivity index (χ0) is 23.7. The molecule has 1 aromatic carbocycles. The summed E-state index contributed by atoms with van der Waals surface area (Å²) in [6.45, 7) is 3.68. The molecular weight excluding hydrogens is 435 g/mol. The number of hydrogen-bond donors (Lipinski definition) is 1. The Morgan fingerprint density at radius 2 is 1.97 bits per heavy atom. The van der Waals surface area contributed by atoms with Crippen LogP contribution in [-0.4, -0.2) is 31.8 Å². The van der Waals surface area contributed by atoms with Gasteiger partial charge in [0.1, 0.15) is 12.4 Å². The number of halogens is 1. The van der Waals surface area contributed by atoms with Crippen molar-refractivity contribution in [1.29, 1.82) is 0 Å². The summed E-state index contributed by atoms with van der Waals surface area (Å²) in [6.07, 6.45) is 3.44. The molecule has 0 fully saturated rings. The van der Waals surface area contributed by atoms with Crippen LogP contribution in [0.2, 0.25) is 0 Å². The summed E-state index contributed by atoms with van der Waals surface area (Å²) in [5.41, 5.74) is 4.67. The number of rotatable bonds is 7. The van der Waals surface area contributed by atoms with E-state index >= 15 is 0 Å². The molecular formula is C25H23FN6O2. The van der Waals surface area contributed by atoms with Crippen molar-refractivity contribution in [2.24, 2.45) is 0 Å². The van der Waals surface area contributed by atoms with Gasteiger partial charge in [-0.05, 0) is 61.8 Å². The summed E-state index contributed by atoms with van der Waals surface area (Å²) in [5, 5.41) is 8.64. The van der Waals surface area contributed by atoms with Gasteiger partial charge in [-0.3, -0.25) is 4.98 Å². The van der Waals surface area contributed by atoms with Crippen LogP contribution >= 0.6 is 0 Å². The maximum Gasteiger partial charge on any atom is 0.226 e. The molecule has 1 N–H and O–H groups in total. The van der Waals surface area contributed by atoms with Crippen molar-refractivity contribution in [2.45, 2.75) is 26.5 Å². The first kappa shape index (κ1) is 21.9. The van der Waals surface area contributed by atoms with Gasteiger partial charge in [0.25, 0.3) is 0 Å². The predicted octanol–water partition coefficient (Wildman–Crippen LogP) is 5.13. The Labute approximate surface area is 195 Å². The van der Waals surface area contributed by atoms with Crippen LogP contribution in [0.1, 0.15) is 30.1 Å². The molecule has 0 amide bonds. The fraction of sp³-hybridized carbons (Fsp3) is 0.200. The maximum absolute atomic E-state index is 12.4. The van der Waals surface area contributed by atoms with E-state index in [0.29, 0.717) is 23.2 Å². The fourth-order valence-corrected chi connectivity index (χ4v) is 3.84. The highest BCUT2D eigenvalue weighted by Gasteiger charge is 2.18. The second-order valence-corrected chi connectivity index (χ2v) is 7.99. The lowest BCUT2D eigenvalue weighted by Gasteiger charge is -2.12. The van der Waals surface area contributed by atoms with Gasteiger partial charge in [-0.25, -0.2) is 14.6 Å². The summed E-state index contributed by atoms with van der Waals surface area (Å²) in [6, 6.07) is 15.4. The Hall–Kier alpha value is -3.95. The van der Waals surface area contributed by atoms with E-state index < -0.39 is 0 Å². The molecule has 1 atom stereocenters. The zero-order valence-electron chi connectivity index (χ0n) is 19.0. The van der Waals surface area contributed by atoms with Crippen LogP contribution < -0.4 is 5.32 Å². The fourth-order valence-electron chi connectivity index (χ4n) is 3.84. The van der Waals surface area contributed by atoms with E-state index in [0.717, 1.165) is 33.4 Å². The average molecular weight is 458 g/mol. The van der Waals surface area contributed by atoms with Gasteiger partial charge in [-0.2, -0.15) is 10.0 Å². The first-order chi connectivity index (χ1) is 16.6. The second-order valence-electron chi connectivity index (χ2n) is 7.99. The molecule has 0 saturated heterocycles. The van der Waals surface area contributed by atoms with Gasteiger partial charge in [0, 0.05) is 22.6 Å². The van der Waals surface area contributed by atoms with Crippen LogP contribution in [0.5, 0.6) is 0 Å². The topological polar surface area (TPSA) is 90.9 Å². The smallest absolute Gasteiger partial charge is 0.226 e. The summed E-state index contributed by atoms with van der Waals surface area (Å²) < 4.78 is 20.0. The van der Waals surface area contributed by atoms with Crippen molar-refractivity contribution in [3.05, 3.63) is 78.1 Å². The standard InChI is InChI=1S/C25H23FN6O2/c1-15-12-28-25(34-15)19-10-17(22-8-5-7-21(31-22)16(2)27-3)11-23-20(19)13-29-32(23)24-9-4-6-18(30-24)14-33-26/h4-13,16,27H,14H2,1-3H3/t16-/m0/s1. The summed E-state index contributed by atoms with van der Waals surface area (Å²) >= 11 is 0. The van der Waals surface area contributed by atoms with Crippen LogP contribution in [0.3, 0.4) is 0 Å². The minimum absolute atomic E-state index is 0.104. The van der Waals surface area contributed by atoms with Gasteiger partial charge in [-0.15, -0.1) is 0 Å². The third kappa shape index (κ3) is 4.07. The van der Waals surface area contributed by atoms with Crippen molar-refractivity contribution in [1.82, 2.24) is 30.0 Å². The minimum Gasteiger partial charge on any atom is -0.441 e. The number of fused-ring (bicyclic) bond motifs is 1. The Morgan fingerprint density at radius 1 is 1.12 bits per heavy atom. The van der Waals surface area contributed by atoms with Crippen LogP contribution in [0.25, 0.3) is 39.4 Å². The molecule has 0 spiro atoms. The molecule has 9 heteroatoms. The number of aryl methyl sites for hydroxylation is 1. The van der Waals surface area contributed by atoms with Crippen molar-refractivity contribution in [2.75, 3.05) is 7.05 Å². The second kappa shape index (κ2) is 9.12. The molecule has 0 aliphatic rings. The van der Waals surface area contributed by atoms with Crippen molar-refractivity contribution in [3.63, 3.8) is 0 Å². The molecule has 5 aromatic rings. The monoisotopic (exact) mass is 458 g/mol. The summed E-state index contributed by atoms with van der Waals surface area (Å²) in [4.78, 5) is 17.6. The molecule has 4 heterocycles. The summed E-state index contributed by atoms with van der Waals surface area (Å²) in [5.74, 6) is 1.75. The maximum atomic E-state index is 12.4. The number of pyridine rings is 2. The van der Waals surface area contributed by atoms with E-state index in [1.54, 1.807) is 29.2 Å². The third-order valence-electron chi connectivity index (χ3n) is 5.69. The van der Waals surface area contributed by atoms with Gasteiger partial charge < -0.3 is 9.73 Å². The normalized spacial score (nSPS) is 12.4. The number of nitrogens with one attached hydrogen (secondary N) is 1. The summed E-state index contributed by atoms with van der Waals surface area (Å²) in [7, 11) is 1.90. The number of benzene rings is 1. The molecule has 0 radical (unpaired) electrons. The van der Waals surface area contributed by atoms with Gasteiger partial charge in [-0.1, -0.05) is 12.1 Å². The van der Waals surface area contributed by atoms with Crippen LogP contribution in [0, 0.1) is 6.92 Å². The molecule has 0 unspecified atom stereocenters. The lowest BCUT2D eigenvalue weighted by molar-refractivity contribution is -0.145. The van der Waals surface area contributed by atoms with Gasteiger partial charge >= 0.3 is 0 Å². The van der Waals surface area contributed by atoms with Crippen LogP contribution in [0.15, 0.2) is 65.3 Å². The van der Waals surface area contributed by atoms with Crippen molar-refractivity contribution < 1.29 is 13.9 Å². The number of aromatic nitrogens is 5. The molecule has 0 saturated carbocycles. The Bertz CT molecular complexity index is 1460. The van der Waals surface area contributed by atoms with Crippen LogP contribution in [-0.2, 0) is 11.5 Å². The highest BCUT2D eigenvalue weighted by molar-refractivity contribution is 5.96. The van der Waals surface area contributed by atoms with Crippen molar-refractivity contribution >= 4 is 10.9 Å². The average Bonchev–Trinajstić information content (AvgIpc) is 3.49. The molecule has 5 rings (SSSR count). The largest absolute Gasteiger partial charge is 0.441 e.